The number of rotatable bonds is 6. The summed E-state index contributed by atoms with van der Waals surface area (Å²) >= 11 is 6.25. The summed E-state index contributed by atoms with van der Waals surface area (Å²) < 4.78 is 5.98. The number of amides is 1. The van der Waals surface area contributed by atoms with Crippen LogP contribution in [-0.4, -0.2) is 31.7 Å². The van der Waals surface area contributed by atoms with Gasteiger partial charge >= 0.3 is 6.09 Å². The molecule has 0 radical (unpaired) electrons. The van der Waals surface area contributed by atoms with Crippen molar-refractivity contribution in [3.8, 4) is 0 Å². The molecule has 0 saturated heterocycles. The highest BCUT2D eigenvalue weighted by atomic mass is 35.5. The molecule has 1 N–H and O–H groups in total. The molecule has 178 valence electrons. The minimum absolute atomic E-state index is 0.468. The molecule has 4 aromatic rings. The van der Waals surface area contributed by atoms with E-state index in [1.807, 2.05) is 89.3 Å². The molecule has 1 atom stereocenters. The lowest BCUT2D eigenvalue weighted by Gasteiger charge is -2.43. The Labute approximate surface area is 204 Å². The zero-order valence-corrected chi connectivity index (χ0v) is 20.9. The lowest BCUT2D eigenvalue weighted by Crippen LogP contribution is -2.52. The van der Waals surface area contributed by atoms with Crippen molar-refractivity contribution in [2.24, 2.45) is 0 Å². The van der Waals surface area contributed by atoms with Gasteiger partial charge in [0.2, 0.25) is 0 Å². The summed E-state index contributed by atoms with van der Waals surface area (Å²) in [5, 5.41) is 10.7. The molecule has 0 bridgehead atoms. The first kappa shape index (κ1) is 23.8. The number of H-pyrrole nitrogens is 1. The maximum Gasteiger partial charge on any atom is 0.415 e. The number of anilines is 1. The predicted molar refractivity (Wildman–Crippen MR) is 135 cm³/mol. The van der Waals surface area contributed by atoms with Crippen molar-refractivity contribution in [1.29, 1.82) is 0 Å². The molecule has 34 heavy (non-hydrogen) atoms. The normalized spacial score (nSPS) is 13.6. The molecule has 0 aliphatic heterocycles. The average molecular weight is 480 g/mol. The van der Waals surface area contributed by atoms with Crippen molar-refractivity contribution in [1.82, 2.24) is 20.0 Å². The van der Waals surface area contributed by atoms with E-state index in [1.165, 1.54) is 0 Å². The first-order valence-corrected chi connectivity index (χ1v) is 11.8. The number of aromatic nitrogens is 4. The molecule has 8 heteroatoms. The summed E-state index contributed by atoms with van der Waals surface area (Å²) in [7, 11) is 0. The molecule has 2 aromatic heterocycles. The van der Waals surface area contributed by atoms with Crippen molar-refractivity contribution >= 4 is 34.3 Å². The van der Waals surface area contributed by atoms with Gasteiger partial charge in [0, 0.05) is 22.1 Å². The summed E-state index contributed by atoms with van der Waals surface area (Å²) in [6.07, 6.45) is 3.65. The molecule has 0 aliphatic carbocycles. The fraction of sp³-hybridized carbons (Fsp3) is 0.346. The number of halogens is 1. The van der Waals surface area contributed by atoms with E-state index in [0.29, 0.717) is 23.7 Å². The average Bonchev–Trinajstić information content (AvgIpc) is 3.46. The lowest BCUT2D eigenvalue weighted by molar-refractivity contribution is 0.0542. The highest BCUT2D eigenvalue weighted by Gasteiger charge is 2.47. The summed E-state index contributed by atoms with van der Waals surface area (Å²) in [6, 6.07) is 15.3. The quantitative estimate of drug-likeness (QED) is 0.341. The van der Waals surface area contributed by atoms with Gasteiger partial charge in [0.15, 0.2) is 0 Å². The second-order valence-corrected chi connectivity index (χ2v) is 9.61. The van der Waals surface area contributed by atoms with Crippen LogP contribution in [0, 0.1) is 0 Å². The molecule has 0 fully saturated rings. The Hall–Kier alpha value is -3.32. The van der Waals surface area contributed by atoms with E-state index in [4.69, 9.17) is 21.4 Å². The maximum absolute atomic E-state index is 14.0. The van der Waals surface area contributed by atoms with E-state index < -0.39 is 17.2 Å². The third-order valence-electron chi connectivity index (χ3n) is 5.85. The van der Waals surface area contributed by atoms with E-state index in [1.54, 1.807) is 15.9 Å². The highest BCUT2D eigenvalue weighted by molar-refractivity contribution is 6.30. The van der Waals surface area contributed by atoms with Gasteiger partial charge in [0.25, 0.3) is 0 Å². The first-order valence-electron chi connectivity index (χ1n) is 11.5. The van der Waals surface area contributed by atoms with Gasteiger partial charge in [-0.2, -0.15) is 15.0 Å². The third kappa shape index (κ3) is 4.28. The number of hydrogen-bond donors (Lipinski definition) is 1. The van der Waals surface area contributed by atoms with E-state index >= 15 is 0 Å². The molecule has 7 nitrogen and oxygen atoms in total. The van der Waals surface area contributed by atoms with Crippen molar-refractivity contribution in [2.45, 2.75) is 58.7 Å². The lowest BCUT2D eigenvalue weighted by atomic mass is 9.82. The molecule has 0 aliphatic rings. The monoisotopic (exact) mass is 479 g/mol. The second-order valence-electron chi connectivity index (χ2n) is 9.17. The van der Waals surface area contributed by atoms with Gasteiger partial charge in [-0.15, -0.1) is 0 Å². The number of benzene rings is 2. The topological polar surface area (TPSA) is 76.0 Å². The van der Waals surface area contributed by atoms with Crippen LogP contribution in [0.1, 0.15) is 52.3 Å². The van der Waals surface area contributed by atoms with Crippen molar-refractivity contribution in [2.75, 3.05) is 4.90 Å². The van der Waals surface area contributed by atoms with Crippen LogP contribution in [0.5, 0.6) is 0 Å². The van der Waals surface area contributed by atoms with E-state index in [-0.39, 0.29) is 0 Å². The Kier molecular flexibility index (Phi) is 6.41. The highest BCUT2D eigenvalue weighted by Crippen LogP contribution is 2.44. The number of nitrogens with one attached hydrogen (secondary N) is 1. The van der Waals surface area contributed by atoms with Crippen molar-refractivity contribution in [3.63, 3.8) is 0 Å². The standard InChI is InChI=1S/C26H30ClN5O2/c1-6-26(18-11-13-19(27)14-12-18,23-17-29-31(7-2)30-23)32(24(33)34-25(3,4)5)22-10-8-9-21-20(22)15-16-28-21/h8-17,28H,6-7H2,1-5H3. The first-order chi connectivity index (χ1) is 16.2. The number of fused-ring (bicyclic) bond motifs is 1. The number of carbonyl (C=O) groups excluding carboxylic acids is 1. The zero-order chi connectivity index (χ0) is 24.5. The van der Waals surface area contributed by atoms with Crippen LogP contribution in [0.25, 0.3) is 10.9 Å². The number of hydrogen-bond acceptors (Lipinski definition) is 4. The van der Waals surface area contributed by atoms with Gasteiger partial charge in [-0.25, -0.2) is 4.79 Å². The number of ether oxygens (including phenoxy) is 1. The van der Waals surface area contributed by atoms with Crippen LogP contribution in [0.4, 0.5) is 10.5 Å². The van der Waals surface area contributed by atoms with E-state index in [2.05, 4.69) is 10.1 Å². The molecule has 0 spiro atoms. The number of carbonyl (C=O) groups is 1. The molecule has 1 amide bonds. The largest absolute Gasteiger partial charge is 0.443 e. The van der Waals surface area contributed by atoms with Gasteiger partial charge in [-0.1, -0.05) is 36.7 Å². The van der Waals surface area contributed by atoms with Crippen molar-refractivity contribution in [3.05, 3.63) is 77.2 Å². The molecular formula is C26H30ClN5O2. The van der Waals surface area contributed by atoms with Crippen LogP contribution in [0.2, 0.25) is 5.02 Å². The molecular weight excluding hydrogens is 450 g/mol. The maximum atomic E-state index is 14.0. The third-order valence-corrected chi connectivity index (χ3v) is 6.10. The van der Waals surface area contributed by atoms with E-state index in [0.717, 1.165) is 22.2 Å². The summed E-state index contributed by atoms with van der Waals surface area (Å²) in [5.41, 5.74) is 1.46. The fourth-order valence-electron chi connectivity index (χ4n) is 4.33. The van der Waals surface area contributed by atoms with Gasteiger partial charge in [0.1, 0.15) is 16.8 Å². The van der Waals surface area contributed by atoms with Crippen LogP contribution in [0.15, 0.2) is 60.9 Å². The van der Waals surface area contributed by atoms with Crippen LogP contribution in [0.3, 0.4) is 0 Å². The molecule has 2 heterocycles. The van der Waals surface area contributed by atoms with Gasteiger partial charge in [-0.3, -0.25) is 4.90 Å². The Morgan fingerprint density at radius 2 is 1.85 bits per heavy atom. The SMILES string of the molecule is CCn1ncc(C(CC)(c2ccc(Cl)cc2)N(C(=O)OC(C)(C)C)c2cccc3[nH]ccc23)n1. The van der Waals surface area contributed by atoms with Crippen molar-refractivity contribution < 1.29 is 9.53 Å². The Bertz CT molecular complexity index is 1290. The van der Waals surface area contributed by atoms with Gasteiger partial charge in [0.05, 0.1) is 18.4 Å². The number of aromatic amines is 1. The fourth-order valence-corrected chi connectivity index (χ4v) is 4.46. The predicted octanol–water partition coefficient (Wildman–Crippen LogP) is 6.53. The summed E-state index contributed by atoms with van der Waals surface area (Å²) in [5.74, 6) is 0. The summed E-state index contributed by atoms with van der Waals surface area (Å²) in [6.45, 7) is 10.2. The second kappa shape index (κ2) is 9.14. The zero-order valence-electron chi connectivity index (χ0n) is 20.2. The molecule has 2 aromatic carbocycles. The van der Waals surface area contributed by atoms with Gasteiger partial charge < -0.3 is 9.72 Å². The van der Waals surface area contributed by atoms with Crippen LogP contribution >= 0.6 is 11.6 Å². The minimum Gasteiger partial charge on any atom is -0.443 e. The smallest absolute Gasteiger partial charge is 0.415 e. The van der Waals surface area contributed by atoms with Crippen LogP contribution < -0.4 is 4.90 Å². The minimum atomic E-state index is -0.994. The molecule has 0 saturated carbocycles. The Balaban J connectivity index is 2.06. The Morgan fingerprint density at radius 1 is 1.12 bits per heavy atom. The Morgan fingerprint density at radius 3 is 2.47 bits per heavy atom. The van der Waals surface area contributed by atoms with E-state index in [9.17, 15) is 4.79 Å². The molecule has 1 unspecified atom stereocenters. The van der Waals surface area contributed by atoms with Gasteiger partial charge in [-0.05, 0) is 70.0 Å². The van der Waals surface area contributed by atoms with Crippen LogP contribution in [-0.2, 0) is 16.8 Å². The summed E-state index contributed by atoms with van der Waals surface area (Å²) in [4.78, 5) is 20.6. The number of nitrogens with zero attached hydrogens (tertiary/aromatic N) is 4. The molecule has 4 rings (SSSR count). The number of aryl methyl sites for hydroxylation is 1.